The summed E-state index contributed by atoms with van der Waals surface area (Å²) in [6, 6.07) is 3.76. The summed E-state index contributed by atoms with van der Waals surface area (Å²) in [5, 5.41) is 0. The summed E-state index contributed by atoms with van der Waals surface area (Å²) in [5.41, 5.74) is 6.52. The number of Topliss-reactive ketones (excluding diaryl/α,β-unsaturated/α-hetero) is 1. The number of rotatable bonds is 3. The number of hydrogen-bond acceptors (Lipinski definition) is 4. The molecule has 1 aromatic heterocycles. The molecule has 0 aliphatic heterocycles. The van der Waals surface area contributed by atoms with Crippen LogP contribution in [-0.2, 0) is 11.3 Å². The normalized spacial score (nSPS) is 17.4. The van der Waals surface area contributed by atoms with Crippen molar-refractivity contribution in [2.24, 2.45) is 5.73 Å². The lowest BCUT2D eigenvalue weighted by atomic mass is 9.96. The zero-order valence-corrected chi connectivity index (χ0v) is 9.19. The fourth-order valence-corrected chi connectivity index (χ4v) is 1.87. The Bertz CT molecular complexity index is 369. The van der Waals surface area contributed by atoms with Crippen molar-refractivity contribution in [2.75, 3.05) is 0 Å². The minimum absolute atomic E-state index is 0.109. The molecule has 4 nitrogen and oxygen atoms in total. The Morgan fingerprint density at radius 3 is 2.88 bits per heavy atom. The number of aromatic nitrogens is 1. The highest BCUT2D eigenvalue weighted by Crippen LogP contribution is 2.22. The van der Waals surface area contributed by atoms with Gasteiger partial charge in [-0.25, -0.2) is 4.98 Å². The average molecular weight is 220 g/mol. The Morgan fingerprint density at radius 1 is 1.44 bits per heavy atom. The van der Waals surface area contributed by atoms with Crippen LogP contribution in [0.2, 0.25) is 0 Å². The molecule has 0 spiro atoms. The molecule has 86 valence electrons. The van der Waals surface area contributed by atoms with E-state index in [9.17, 15) is 4.79 Å². The topological polar surface area (TPSA) is 65.2 Å². The van der Waals surface area contributed by atoms with Crippen LogP contribution < -0.4 is 10.5 Å². The monoisotopic (exact) mass is 220 g/mol. The van der Waals surface area contributed by atoms with E-state index in [2.05, 4.69) is 4.98 Å². The van der Waals surface area contributed by atoms with Gasteiger partial charge in [0.2, 0.25) is 5.88 Å². The van der Waals surface area contributed by atoms with Gasteiger partial charge in [0.05, 0.1) is 0 Å². The number of nitrogens with zero attached hydrogens (tertiary/aromatic N) is 1. The summed E-state index contributed by atoms with van der Waals surface area (Å²) >= 11 is 0. The fourth-order valence-electron chi connectivity index (χ4n) is 1.87. The summed E-state index contributed by atoms with van der Waals surface area (Å²) < 4.78 is 5.78. The van der Waals surface area contributed by atoms with Crippen LogP contribution in [0.1, 0.15) is 31.2 Å². The SMILES string of the molecule is NCc1cccnc1OC1CCC(=O)CC1. The molecule has 1 aliphatic carbocycles. The molecule has 4 heteroatoms. The molecule has 1 heterocycles. The molecular weight excluding hydrogens is 204 g/mol. The van der Waals surface area contributed by atoms with Crippen molar-refractivity contribution in [1.82, 2.24) is 4.98 Å². The van der Waals surface area contributed by atoms with Crippen LogP contribution in [0.3, 0.4) is 0 Å². The summed E-state index contributed by atoms with van der Waals surface area (Å²) in [4.78, 5) is 15.3. The summed E-state index contributed by atoms with van der Waals surface area (Å²) in [7, 11) is 0. The summed E-state index contributed by atoms with van der Waals surface area (Å²) in [5.74, 6) is 0.948. The first-order valence-corrected chi connectivity index (χ1v) is 5.62. The molecular formula is C12H16N2O2. The van der Waals surface area contributed by atoms with Crippen LogP contribution in [0.5, 0.6) is 5.88 Å². The molecule has 1 aliphatic rings. The van der Waals surface area contributed by atoms with Crippen LogP contribution in [0.25, 0.3) is 0 Å². The van der Waals surface area contributed by atoms with Crippen LogP contribution in [0, 0.1) is 0 Å². The molecule has 1 saturated carbocycles. The molecule has 0 saturated heterocycles. The van der Waals surface area contributed by atoms with Gasteiger partial charge in [0.25, 0.3) is 0 Å². The van der Waals surface area contributed by atoms with E-state index < -0.39 is 0 Å². The third-order valence-electron chi connectivity index (χ3n) is 2.84. The predicted octanol–water partition coefficient (Wildman–Crippen LogP) is 1.43. The number of pyridine rings is 1. The predicted molar refractivity (Wildman–Crippen MR) is 60.0 cm³/mol. The van der Waals surface area contributed by atoms with E-state index in [1.54, 1.807) is 6.20 Å². The Labute approximate surface area is 94.8 Å². The molecule has 0 bridgehead atoms. The molecule has 16 heavy (non-hydrogen) atoms. The van der Waals surface area contributed by atoms with Crippen LogP contribution in [0.4, 0.5) is 0 Å². The summed E-state index contributed by atoms with van der Waals surface area (Å²) in [6.45, 7) is 0.425. The number of ketones is 1. The minimum Gasteiger partial charge on any atom is -0.474 e. The minimum atomic E-state index is 0.109. The van der Waals surface area contributed by atoms with Gasteiger partial charge in [0, 0.05) is 31.1 Å². The van der Waals surface area contributed by atoms with Crippen molar-refractivity contribution in [2.45, 2.75) is 38.3 Å². The lowest BCUT2D eigenvalue weighted by Gasteiger charge is -2.22. The van der Waals surface area contributed by atoms with Gasteiger partial charge < -0.3 is 10.5 Å². The van der Waals surface area contributed by atoms with E-state index in [1.165, 1.54) is 0 Å². The van der Waals surface area contributed by atoms with Gasteiger partial charge in [0.15, 0.2) is 0 Å². The highest BCUT2D eigenvalue weighted by Gasteiger charge is 2.21. The largest absolute Gasteiger partial charge is 0.474 e. The first kappa shape index (κ1) is 11.1. The van der Waals surface area contributed by atoms with E-state index in [0.717, 1.165) is 18.4 Å². The van der Waals surface area contributed by atoms with E-state index in [-0.39, 0.29) is 6.10 Å². The van der Waals surface area contributed by atoms with E-state index in [4.69, 9.17) is 10.5 Å². The number of carbonyl (C=O) groups is 1. The molecule has 0 radical (unpaired) electrons. The van der Waals surface area contributed by atoms with Gasteiger partial charge in [-0.1, -0.05) is 6.07 Å². The smallest absolute Gasteiger partial charge is 0.218 e. The molecule has 2 N–H and O–H groups in total. The van der Waals surface area contributed by atoms with Crippen molar-refractivity contribution in [3.8, 4) is 5.88 Å². The van der Waals surface area contributed by atoms with Gasteiger partial charge in [-0.2, -0.15) is 0 Å². The maximum Gasteiger partial charge on any atom is 0.218 e. The van der Waals surface area contributed by atoms with E-state index >= 15 is 0 Å². The lowest BCUT2D eigenvalue weighted by molar-refractivity contribution is -0.121. The number of carbonyl (C=O) groups excluding carboxylic acids is 1. The van der Waals surface area contributed by atoms with Gasteiger partial charge >= 0.3 is 0 Å². The van der Waals surface area contributed by atoms with Crippen molar-refractivity contribution in [3.63, 3.8) is 0 Å². The third kappa shape index (κ3) is 2.58. The van der Waals surface area contributed by atoms with Gasteiger partial charge in [0.1, 0.15) is 11.9 Å². The number of hydrogen-bond donors (Lipinski definition) is 1. The molecule has 0 amide bonds. The van der Waals surface area contributed by atoms with Crippen LogP contribution in [-0.4, -0.2) is 16.9 Å². The fraction of sp³-hybridized carbons (Fsp3) is 0.500. The average Bonchev–Trinajstić information content (AvgIpc) is 2.33. The zero-order chi connectivity index (χ0) is 11.4. The van der Waals surface area contributed by atoms with E-state index in [1.807, 2.05) is 12.1 Å². The molecule has 2 rings (SSSR count). The standard InChI is InChI=1S/C12H16N2O2/c13-8-9-2-1-7-14-12(9)16-11-5-3-10(15)4-6-11/h1-2,7,11H,3-6,8,13H2. The van der Waals surface area contributed by atoms with Crippen molar-refractivity contribution < 1.29 is 9.53 Å². The van der Waals surface area contributed by atoms with Crippen LogP contribution in [0.15, 0.2) is 18.3 Å². The second-order valence-corrected chi connectivity index (χ2v) is 4.03. The highest BCUT2D eigenvalue weighted by atomic mass is 16.5. The maximum absolute atomic E-state index is 11.1. The highest BCUT2D eigenvalue weighted by molar-refractivity contribution is 5.79. The first-order valence-electron chi connectivity index (χ1n) is 5.62. The second kappa shape index (κ2) is 5.07. The van der Waals surface area contributed by atoms with Crippen molar-refractivity contribution >= 4 is 5.78 Å². The first-order chi connectivity index (χ1) is 7.79. The van der Waals surface area contributed by atoms with Crippen molar-refractivity contribution in [1.29, 1.82) is 0 Å². The Hall–Kier alpha value is -1.42. The Morgan fingerprint density at radius 2 is 2.19 bits per heavy atom. The zero-order valence-electron chi connectivity index (χ0n) is 9.19. The molecule has 0 unspecified atom stereocenters. The quantitative estimate of drug-likeness (QED) is 0.836. The Balaban J connectivity index is 2.00. The number of nitrogens with two attached hydrogens (primary N) is 1. The lowest BCUT2D eigenvalue weighted by Crippen LogP contribution is -2.25. The summed E-state index contributed by atoms with van der Waals surface area (Å²) in [6.07, 6.45) is 4.63. The molecule has 0 atom stereocenters. The van der Waals surface area contributed by atoms with Gasteiger partial charge in [-0.3, -0.25) is 4.79 Å². The second-order valence-electron chi connectivity index (χ2n) is 4.03. The number of ether oxygens (including phenoxy) is 1. The van der Waals surface area contributed by atoms with Gasteiger partial charge in [-0.05, 0) is 18.9 Å². The molecule has 1 aromatic rings. The van der Waals surface area contributed by atoms with Crippen molar-refractivity contribution in [3.05, 3.63) is 23.9 Å². The molecule has 1 fully saturated rings. The van der Waals surface area contributed by atoms with Gasteiger partial charge in [-0.15, -0.1) is 0 Å². The van der Waals surface area contributed by atoms with Crippen LogP contribution >= 0.6 is 0 Å². The third-order valence-corrected chi connectivity index (χ3v) is 2.84. The van der Waals surface area contributed by atoms with E-state index in [0.29, 0.717) is 31.0 Å². The molecule has 0 aromatic carbocycles. The Kier molecular flexibility index (Phi) is 3.51. The maximum atomic E-state index is 11.1.